The van der Waals surface area contributed by atoms with Gasteiger partial charge in [0, 0.05) is 6.04 Å². The molecule has 0 amide bonds. The first-order valence-electron chi connectivity index (χ1n) is 5.79. The molecule has 1 aliphatic rings. The van der Waals surface area contributed by atoms with Gasteiger partial charge >= 0.3 is 0 Å². The molecule has 0 aliphatic heterocycles. The lowest BCUT2D eigenvalue weighted by molar-refractivity contribution is 0.435. The first kappa shape index (κ1) is 11.6. The van der Waals surface area contributed by atoms with Crippen LogP contribution in [0.5, 0.6) is 10.9 Å². The highest BCUT2D eigenvalue weighted by Crippen LogP contribution is 2.27. The van der Waals surface area contributed by atoms with Gasteiger partial charge in [0.15, 0.2) is 11.6 Å². The fraction of sp³-hybridized carbons (Fsp3) is 0.333. The maximum absolute atomic E-state index is 13.4. The number of aromatic nitrogens is 2. The van der Waals surface area contributed by atoms with E-state index in [1.807, 2.05) is 0 Å². The normalized spacial score (nSPS) is 14.7. The molecule has 1 aromatic carbocycles. The number of nitrogens with zero attached hydrogens (tertiary/aromatic N) is 2. The number of benzene rings is 1. The summed E-state index contributed by atoms with van der Waals surface area (Å²) < 4.78 is 18.7. The minimum atomic E-state index is -0.398. The van der Waals surface area contributed by atoms with E-state index in [2.05, 4.69) is 15.5 Å². The third-order valence-electron chi connectivity index (χ3n) is 2.60. The molecule has 1 fully saturated rings. The van der Waals surface area contributed by atoms with E-state index in [0.717, 1.165) is 5.01 Å². The van der Waals surface area contributed by atoms with Gasteiger partial charge in [0.25, 0.3) is 5.19 Å². The van der Waals surface area contributed by atoms with Crippen molar-refractivity contribution >= 4 is 11.3 Å². The van der Waals surface area contributed by atoms with Crippen LogP contribution in [0.25, 0.3) is 0 Å². The molecule has 1 aromatic heterocycles. The van der Waals surface area contributed by atoms with Crippen LogP contribution in [-0.4, -0.2) is 16.2 Å². The Balaban J connectivity index is 1.63. The lowest BCUT2D eigenvalue weighted by atomic mass is 10.3. The van der Waals surface area contributed by atoms with Crippen molar-refractivity contribution in [3.8, 4) is 10.9 Å². The van der Waals surface area contributed by atoms with Gasteiger partial charge in [-0.25, -0.2) is 4.39 Å². The van der Waals surface area contributed by atoms with Gasteiger partial charge < -0.3 is 10.1 Å². The zero-order valence-electron chi connectivity index (χ0n) is 9.60. The van der Waals surface area contributed by atoms with Gasteiger partial charge in [-0.2, -0.15) is 0 Å². The van der Waals surface area contributed by atoms with Crippen LogP contribution < -0.4 is 10.1 Å². The molecule has 0 radical (unpaired) electrons. The Bertz CT molecular complexity index is 542. The number of ether oxygens (including phenoxy) is 1. The molecule has 0 unspecified atom stereocenters. The lowest BCUT2D eigenvalue weighted by Gasteiger charge is -2.00. The van der Waals surface area contributed by atoms with Crippen LogP contribution in [-0.2, 0) is 6.54 Å². The predicted octanol–water partition coefficient (Wildman–Crippen LogP) is 2.72. The fourth-order valence-electron chi connectivity index (χ4n) is 1.49. The summed E-state index contributed by atoms with van der Waals surface area (Å²) in [6, 6.07) is 6.89. The van der Waals surface area contributed by atoms with E-state index in [0.29, 0.717) is 17.8 Å². The van der Waals surface area contributed by atoms with E-state index in [4.69, 9.17) is 4.74 Å². The smallest absolute Gasteiger partial charge is 0.299 e. The van der Waals surface area contributed by atoms with E-state index in [9.17, 15) is 4.39 Å². The lowest BCUT2D eigenvalue weighted by Crippen LogP contribution is -2.14. The molecule has 3 rings (SSSR count). The van der Waals surface area contributed by atoms with Crippen LogP contribution in [0.15, 0.2) is 24.3 Å². The highest BCUT2D eigenvalue weighted by Gasteiger charge is 2.20. The Morgan fingerprint density at radius 3 is 2.94 bits per heavy atom. The number of halogens is 1. The highest BCUT2D eigenvalue weighted by atomic mass is 32.1. The van der Waals surface area contributed by atoms with Gasteiger partial charge in [-0.05, 0) is 25.0 Å². The maximum Gasteiger partial charge on any atom is 0.299 e. The molecule has 1 aliphatic carbocycles. The number of nitrogens with one attached hydrogen (secondary N) is 1. The number of hydrogen-bond donors (Lipinski definition) is 1. The number of rotatable bonds is 5. The summed E-state index contributed by atoms with van der Waals surface area (Å²) in [5.74, 6) is -0.222. The summed E-state index contributed by atoms with van der Waals surface area (Å²) in [6.07, 6.45) is 2.47. The Labute approximate surface area is 108 Å². The Hall–Kier alpha value is -1.53. The van der Waals surface area contributed by atoms with Crippen LogP contribution in [0.4, 0.5) is 4.39 Å². The van der Waals surface area contributed by atoms with E-state index in [1.54, 1.807) is 18.2 Å². The Morgan fingerprint density at radius 1 is 1.33 bits per heavy atom. The summed E-state index contributed by atoms with van der Waals surface area (Å²) >= 11 is 1.33. The standard InChI is InChI=1S/C12H12FN3OS/c13-9-3-1-2-4-10(9)17-12-16-15-11(18-12)7-14-8-5-6-8/h1-4,8,14H,5-7H2. The maximum atomic E-state index is 13.4. The van der Waals surface area contributed by atoms with Gasteiger partial charge in [-0.1, -0.05) is 28.6 Å². The molecule has 1 saturated carbocycles. The molecule has 94 valence electrons. The first-order valence-corrected chi connectivity index (χ1v) is 6.61. The minimum Gasteiger partial charge on any atom is -0.427 e. The highest BCUT2D eigenvalue weighted by molar-refractivity contribution is 7.13. The molecular formula is C12H12FN3OS. The summed E-state index contributed by atoms with van der Waals surface area (Å²) in [4.78, 5) is 0. The predicted molar refractivity (Wildman–Crippen MR) is 66.2 cm³/mol. The average molecular weight is 265 g/mol. The van der Waals surface area contributed by atoms with Crippen LogP contribution >= 0.6 is 11.3 Å². The molecule has 18 heavy (non-hydrogen) atoms. The van der Waals surface area contributed by atoms with Crippen molar-refractivity contribution in [3.05, 3.63) is 35.1 Å². The van der Waals surface area contributed by atoms with Crippen LogP contribution in [0, 0.1) is 5.82 Å². The third-order valence-corrected chi connectivity index (χ3v) is 3.40. The second-order valence-corrected chi connectivity index (χ2v) is 5.17. The van der Waals surface area contributed by atoms with Crippen molar-refractivity contribution in [3.63, 3.8) is 0 Å². The second kappa shape index (κ2) is 4.99. The SMILES string of the molecule is Fc1ccccc1Oc1nnc(CNC2CC2)s1. The molecule has 1 heterocycles. The summed E-state index contributed by atoms with van der Waals surface area (Å²) in [6.45, 7) is 0.697. The zero-order valence-corrected chi connectivity index (χ0v) is 10.4. The van der Waals surface area contributed by atoms with Gasteiger partial charge in [0.1, 0.15) is 5.01 Å². The fourth-order valence-corrected chi connectivity index (χ4v) is 2.14. The van der Waals surface area contributed by atoms with Gasteiger partial charge in [-0.3, -0.25) is 0 Å². The summed E-state index contributed by atoms with van der Waals surface area (Å²) in [5.41, 5.74) is 0. The van der Waals surface area contributed by atoms with E-state index in [1.165, 1.54) is 30.2 Å². The van der Waals surface area contributed by atoms with Crippen molar-refractivity contribution in [2.24, 2.45) is 0 Å². The van der Waals surface area contributed by atoms with Crippen molar-refractivity contribution in [1.82, 2.24) is 15.5 Å². The second-order valence-electron chi connectivity index (χ2n) is 4.15. The average Bonchev–Trinajstić information content (AvgIpc) is 3.10. The van der Waals surface area contributed by atoms with E-state index in [-0.39, 0.29) is 5.75 Å². The quantitative estimate of drug-likeness (QED) is 0.903. The van der Waals surface area contributed by atoms with Crippen LogP contribution in [0.3, 0.4) is 0 Å². The third kappa shape index (κ3) is 2.83. The van der Waals surface area contributed by atoms with Gasteiger partial charge in [0.05, 0.1) is 6.54 Å². The largest absolute Gasteiger partial charge is 0.427 e. The van der Waals surface area contributed by atoms with Crippen molar-refractivity contribution < 1.29 is 9.13 Å². The number of hydrogen-bond acceptors (Lipinski definition) is 5. The molecular weight excluding hydrogens is 253 g/mol. The first-order chi connectivity index (χ1) is 8.81. The zero-order chi connectivity index (χ0) is 12.4. The van der Waals surface area contributed by atoms with Crippen molar-refractivity contribution in [2.45, 2.75) is 25.4 Å². The van der Waals surface area contributed by atoms with Gasteiger partial charge in [-0.15, -0.1) is 5.10 Å². The van der Waals surface area contributed by atoms with E-state index < -0.39 is 5.82 Å². The summed E-state index contributed by atoms with van der Waals surface area (Å²) in [7, 11) is 0. The molecule has 6 heteroatoms. The molecule has 0 spiro atoms. The Morgan fingerprint density at radius 2 is 2.17 bits per heavy atom. The van der Waals surface area contributed by atoms with Crippen LogP contribution in [0.1, 0.15) is 17.8 Å². The molecule has 1 N–H and O–H groups in total. The number of para-hydroxylation sites is 1. The van der Waals surface area contributed by atoms with Gasteiger partial charge in [0.2, 0.25) is 0 Å². The minimum absolute atomic E-state index is 0.176. The van der Waals surface area contributed by atoms with Crippen LogP contribution in [0.2, 0.25) is 0 Å². The molecule has 0 atom stereocenters. The molecule has 0 bridgehead atoms. The molecule has 4 nitrogen and oxygen atoms in total. The molecule has 2 aromatic rings. The van der Waals surface area contributed by atoms with E-state index >= 15 is 0 Å². The topological polar surface area (TPSA) is 47.0 Å². The van der Waals surface area contributed by atoms with Crippen molar-refractivity contribution in [1.29, 1.82) is 0 Å². The van der Waals surface area contributed by atoms with Crippen molar-refractivity contribution in [2.75, 3.05) is 0 Å². The monoisotopic (exact) mass is 265 g/mol. The Kier molecular flexibility index (Phi) is 3.21. The summed E-state index contributed by atoms with van der Waals surface area (Å²) in [5, 5.41) is 12.5. The molecule has 0 saturated heterocycles.